The second kappa shape index (κ2) is 10.7. The molecule has 0 amide bonds. The normalized spacial score (nSPS) is 11.7. The first-order valence-corrected chi connectivity index (χ1v) is 7.22. The Morgan fingerprint density at radius 2 is 2.16 bits per heavy atom. The molecule has 0 bridgehead atoms. The minimum Gasteiger partial charge on any atom is -0.550 e. The summed E-state index contributed by atoms with van der Waals surface area (Å²) in [5.74, 6) is -1.08. The smallest absolute Gasteiger partial charge is 0.550 e. The fourth-order valence-electron chi connectivity index (χ4n) is 0.774. The third kappa shape index (κ3) is 10.4. The molecule has 0 fully saturated rings. The second-order valence-electron chi connectivity index (χ2n) is 3.13. The van der Waals surface area contributed by atoms with Gasteiger partial charge in [-0.3, -0.25) is 0 Å². The molecule has 9 heteroatoms. The molecule has 1 heterocycles. The number of nitrogens with one attached hydrogen (secondary N) is 1. The Balaban J connectivity index is 0. The predicted molar refractivity (Wildman–Crippen MR) is 66.3 cm³/mol. The summed E-state index contributed by atoms with van der Waals surface area (Å²) in [5, 5.41) is 10.6. The number of carboxylic acid groups (broad SMARTS) is 1. The Labute approximate surface area is 137 Å². The maximum Gasteiger partial charge on any atom is 1.00 e. The van der Waals surface area contributed by atoms with Crippen LogP contribution in [0.25, 0.3) is 0 Å². The van der Waals surface area contributed by atoms with Crippen molar-refractivity contribution >= 4 is 27.3 Å². The average molecular weight is 494 g/mol. The van der Waals surface area contributed by atoms with Gasteiger partial charge in [0.2, 0.25) is 10.0 Å². The van der Waals surface area contributed by atoms with Gasteiger partial charge in [-0.1, -0.05) is 6.07 Å². The molecule has 0 aliphatic rings. The predicted octanol–water partition coefficient (Wildman–Crippen LogP) is -0.371. The van der Waals surface area contributed by atoms with Gasteiger partial charge in [0.25, 0.3) is 0 Å². The van der Waals surface area contributed by atoms with Crippen LogP contribution in [0.3, 0.4) is 0 Å². The zero-order valence-corrected chi connectivity index (χ0v) is 17.9. The molecule has 1 aromatic rings. The number of hydrogen-bond donors (Lipinski definition) is 1. The monoisotopic (exact) mass is 495 g/mol. The van der Waals surface area contributed by atoms with E-state index in [4.69, 9.17) is 14.6 Å². The van der Waals surface area contributed by atoms with Crippen LogP contribution in [0.2, 0.25) is 0 Å². The van der Waals surface area contributed by atoms with Crippen molar-refractivity contribution in [1.29, 1.82) is 0 Å². The van der Waals surface area contributed by atoms with E-state index in [0.29, 0.717) is 4.21 Å². The van der Waals surface area contributed by atoms with Gasteiger partial charge in [-0.2, -0.15) is 0 Å². The summed E-state index contributed by atoms with van der Waals surface area (Å²) in [7, 11) is -1.89. The van der Waals surface area contributed by atoms with Crippen molar-refractivity contribution in [2.24, 2.45) is 0 Å². The number of thiophene rings is 1. The maximum absolute atomic E-state index is 11.5. The number of sulfonamides is 1. The van der Waals surface area contributed by atoms with E-state index in [2.05, 4.69) is 11.6 Å². The zero-order chi connectivity index (χ0) is 14.2. The van der Waals surface area contributed by atoms with Crippen molar-refractivity contribution < 1.29 is 50.7 Å². The molecule has 1 rings (SSSR count). The van der Waals surface area contributed by atoms with Crippen molar-refractivity contribution in [3.05, 3.63) is 24.4 Å². The molecule has 1 aromatic heterocycles. The molecular formula is C10H15HgNO5S2. The van der Waals surface area contributed by atoms with Crippen molar-refractivity contribution in [3.8, 4) is 0 Å². The molecule has 0 saturated heterocycles. The Kier molecular flexibility index (Phi) is 12.0. The molecule has 19 heavy (non-hydrogen) atoms. The fourth-order valence-corrected chi connectivity index (χ4v) is 2.88. The molecule has 0 saturated carbocycles. The molecule has 1 unspecified atom stereocenters. The Bertz CT molecular complexity index is 442. The average Bonchev–Trinajstić information content (AvgIpc) is 2.79. The number of hydrogen-bond acceptors (Lipinski definition) is 6. The van der Waals surface area contributed by atoms with Crippen molar-refractivity contribution in [3.63, 3.8) is 0 Å². The van der Waals surface area contributed by atoms with Gasteiger partial charge in [-0.05, 0) is 25.3 Å². The fraction of sp³-hybridized carbons (Fsp3) is 0.400. The van der Waals surface area contributed by atoms with Crippen molar-refractivity contribution in [2.75, 3.05) is 13.7 Å². The van der Waals surface area contributed by atoms with E-state index in [-0.39, 0.29) is 40.3 Å². The van der Waals surface area contributed by atoms with Crippen LogP contribution >= 0.6 is 11.3 Å². The van der Waals surface area contributed by atoms with Crippen LogP contribution in [-0.4, -0.2) is 34.1 Å². The standard InChI is InChI=1S/C8H12NO3S2.C2H4O2.Hg/c1-7(12-2)6-9-14(10,11)8-4-3-5-13-8;1-2(3)4;/h3-5,7,9H,1,6H2,2H3;1H3,(H,3,4);/q;;+1/p-1. The molecule has 0 aliphatic heterocycles. The van der Waals surface area contributed by atoms with E-state index in [1.807, 2.05) is 0 Å². The number of carboxylic acids is 1. The van der Waals surface area contributed by atoms with E-state index in [1.165, 1.54) is 18.4 Å². The summed E-state index contributed by atoms with van der Waals surface area (Å²) in [4.78, 5) is 8.89. The molecule has 104 valence electrons. The summed E-state index contributed by atoms with van der Waals surface area (Å²) in [6.45, 7) is 4.74. The summed E-state index contributed by atoms with van der Waals surface area (Å²) in [6, 6.07) is 3.25. The number of methoxy groups -OCH3 is 1. The number of carbonyl (C=O) groups excluding carboxylic acids is 1. The second-order valence-corrected chi connectivity index (χ2v) is 6.07. The van der Waals surface area contributed by atoms with Gasteiger partial charge in [-0.15, -0.1) is 11.3 Å². The van der Waals surface area contributed by atoms with E-state index >= 15 is 0 Å². The molecule has 0 spiro atoms. The van der Waals surface area contributed by atoms with Gasteiger partial charge < -0.3 is 14.6 Å². The first-order chi connectivity index (χ1) is 8.29. The van der Waals surface area contributed by atoms with E-state index in [0.717, 1.165) is 6.92 Å². The molecule has 1 atom stereocenters. The van der Waals surface area contributed by atoms with Crippen LogP contribution in [0.4, 0.5) is 0 Å². The largest absolute Gasteiger partial charge is 1.00 e. The molecule has 0 aliphatic carbocycles. The van der Waals surface area contributed by atoms with E-state index < -0.39 is 16.0 Å². The molecule has 1 N–H and O–H groups in total. The number of rotatable bonds is 5. The van der Waals surface area contributed by atoms with Gasteiger partial charge in [-0.25, -0.2) is 13.1 Å². The molecular weight excluding hydrogens is 479 g/mol. The first kappa shape index (κ1) is 21.3. The van der Waals surface area contributed by atoms with Crippen molar-refractivity contribution in [2.45, 2.75) is 17.2 Å². The van der Waals surface area contributed by atoms with Gasteiger partial charge >= 0.3 is 27.7 Å². The molecule has 6 nitrogen and oxygen atoms in total. The minimum atomic E-state index is -3.37. The third-order valence-electron chi connectivity index (χ3n) is 1.59. The number of ether oxygens (including phenoxy) is 1. The Morgan fingerprint density at radius 3 is 2.53 bits per heavy atom. The minimum absolute atomic E-state index is 0. The summed E-state index contributed by atoms with van der Waals surface area (Å²) in [5.41, 5.74) is 0. The Morgan fingerprint density at radius 1 is 1.63 bits per heavy atom. The summed E-state index contributed by atoms with van der Waals surface area (Å²) >= 11 is 1.18. The molecule has 2 radical (unpaired) electrons. The first-order valence-electron chi connectivity index (χ1n) is 4.86. The summed E-state index contributed by atoms with van der Waals surface area (Å²) < 4.78 is 30.6. The number of carbonyl (C=O) groups is 1. The van der Waals surface area contributed by atoms with Crippen LogP contribution in [0, 0.1) is 6.92 Å². The van der Waals surface area contributed by atoms with Gasteiger partial charge in [0.05, 0.1) is 6.10 Å². The van der Waals surface area contributed by atoms with E-state index in [1.54, 1.807) is 17.5 Å². The van der Waals surface area contributed by atoms with Crippen LogP contribution in [0.5, 0.6) is 0 Å². The number of aliphatic carboxylic acids is 1. The SMILES string of the molecule is CC(=O)[O-].[CH2]C(CNS(=O)(=O)c1cccs1)OC.[Hg+]. The maximum atomic E-state index is 11.5. The quantitative estimate of drug-likeness (QED) is 0.565. The summed E-state index contributed by atoms with van der Waals surface area (Å²) in [6.07, 6.45) is -0.371. The molecule has 0 aromatic carbocycles. The van der Waals surface area contributed by atoms with Gasteiger partial charge in [0.1, 0.15) is 4.21 Å². The van der Waals surface area contributed by atoms with Crippen LogP contribution < -0.4 is 9.83 Å². The van der Waals surface area contributed by atoms with E-state index in [9.17, 15) is 8.42 Å². The zero-order valence-electron chi connectivity index (χ0n) is 10.8. The van der Waals surface area contributed by atoms with Gasteiger partial charge in [0, 0.05) is 19.6 Å². The van der Waals surface area contributed by atoms with Crippen LogP contribution in [0.15, 0.2) is 21.7 Å². The van der Waals surface area contributed by atoms with Gasteiger partial charge in [0.15, 0.2) is 0 Å². The topological polar surface area (TPSA) is 95.5 Å². The van der Waals surface area contributed by atoms with Crippen molar-refractivity contribution in [1.82, 2.24) is 4.72 Å². The van der Waals surface area contributed by atoms with Crippen LogP contribution in [0.1, 0.15) is 6.92 Å². The third-order valence-corrected chi connectivity index (χ3v) is 4.42. The Hall–Kier alpha value is -0.0249. The van der Waals surface area contributed by atoms with Crippen LogP contribution in [-0.2, 0) is 47.2 Å².